The molecule has 2 N–H and O–H groups in total. The first-order valence-electron chi connectivity index (χ1n) is 8.59. The Balaban J connectivity index is 1.42. The van der Waals surface area contributed by atoms with Crippen LogP contribution in [0.25, 0.3) is 0 Å². The van der Waals surface area contributed by atoms with Crippen LogP contribution in [0.3, 0.4) is 0 Å². The summed E-state index contributed by atoms with van der Waals surface area (Å²) in [7, 11) is 0. The van der Waals surface area contributed by atoms with E-state index >= 15 is 0 Å². The molecule has 0 atom stereocenters. The standard InChI is InChI=1S/C19H20F2N4O2/c20-15-7-5-14(6-8-15)19(27)23-22-18(26)13-24-9-11-25(12-10-24)17-4-2-1-3-16(17)21/h1-8H,9-13H2,(H,22,26)(H,23,27). The van der Waals surface area contributed by atoms with Crippen molar-refractivity contribution < 1.29 is 18.4 Å². The van der Waals surface area contributed by atoms with Crippen LogP contribution in [-0.2, 0) is 4.79 Å². The second kappa shape index (κ2) is 8.59. The van der Waals surface area contributed by atoms with Crippen molar-refractivity contribution in [2.24, 2.45) is 0 Å². The van der Waals surface area contributed by atoms with Gasteiger partial charge in [0.15, 0.2) is 0 Å². The molecular formula is C19H20F2N4O2. The molecule has 2 aromatic carbocycles. The first kappa shape index (κ1) is 18.8. The minimum Gasteiger partial charge on any atom is -0.367 e. The highest BCUT2D eigenvalue weighted by Crippen LogP contribution is 2.19. The van der Waals surface area contributed by atoms with Crippen LogP contribution in [0.1, 0.15) is 10.4 Å². The van der Waals surface area contributed by atoms with Crippen molar-refractivity contribution in [2.45, 2.75) is 0 Å². The number of anilines is 1. The Morgan fingerprint density at radius 2 is 1.56 bits per heavy atom. The number of hydrogen-bond acceptors (Lipinski definition) is 4. The number of nitrogens with zero attached hydrogens (tertiary/aromatic N) is 2. The Hall–Kier alpha value is -3.00. The van der Waals surface area contributed by atoms with Gasteiger partial charge >= 0.3 is 0 Å². The van der Waals surface area contributed by atoms with Gasteiger partial charge in [0.05, 0.1) is 12.2 Å². The third-order valence-corrected chi connectivity index (χ3v) is 4.35. The number of amides is 2. The average molecular weight is 374 g/mol. The van der Waals surface area contributed by atoms with E-state index in [-0.39, 0.29) is 23.8 Å². The molecule has 0 saturated carbocycles. The number of nitrogens with one attached hydrogen (secondary N) is 2. The highest BCUT2D eigenvalue weighted by molar-refractivity contribution is 5.95. The van der Waals surface area contributed by atoms with Gasteiger partial charge in [-0.15, -0.1) is 0 Å². The van der Waals surface area contributed by atoms with Crippen LogP contribution in [0, 0.1) is 11.6 Å². The molecule has 1 aliphatic heterocycles. The first-order chi connectivity index (χ1) is 13.0. The van der Waals surface area contributed by atoms with Gasteiger partial charge in [-0.1, -0.05) is 12.1 Å². The molecule has 3 rings (SSSR count). The fraction of sp³-hybridized carbons (Fsp3) is 0.263. The largest absolute Gasteiger partial charge is 0.367 e. The molecule has 1 heterocycles. The molecule has 0 bridgehead atoms. The number of carbonyl (C=O) groups is 2. The third kappa shape index (κ3) is 5.01. The highest BCUT2D eigenvalue weighted by atomic mass is 19.1. The molecule has 0 aromatic heterocycles. The van der Waals surface area contributed by atoms with E-state index in [9.17, 15) is 18.4 Å². The van der Waals surface area contributed by atoms with Crippen LogP contribution in [0.5, 0.6) is 0 Å². The van der Waals surface area contributed by atoms with Crippen molar-refractivity contribution in [2.75, 3.05) is 37.6 Å². The Bertz CT molecular complexity index is 806. The number of halogens is 2. The van der Waals surface area contributed by atoms with Crippen molar-refractivity contribution in [1.29, 1.82) is 0 Å². The van der Waals surface area contributed by atoms with Gasteiger partial charge in [-0.3, -0.25) is 25.3 Å². The summed E-state index contributed by atoms with van der Waals surface area (Å²) in [6.45, 7) is 2.54. The summed E-state index contributed by atoms with van der Waals surface area (Å²) in [5.74, 6) is -1.57. The van der Waals surface area contributed by atoms with Gasteiger partial charge in [0.25, 0.3) is 11.8 Å². The summed E-state index contributed by atoms with van der Waals surface area (Å²) < 4.78 is 26.7. The summed E-state index contributed by atoms with van der Waals surface area (Å²) in [6, 6.07) is 11.6. The van der Waals surface area contributed by atoms with E-state index in [1.807, 2.05) is 9.80 Å². The van der Waals surface area contributed by atoms with Crippen LogP contribution >= 0.6 is 0 Å². The second-order valence-corrected chi connectivity index (χ2v) is 6.22. The van der Waals surface area contributed by atoms with Gasteiger partial charge in [0.2, 0.25) is 0 Å². The Labute approximate surface area is 155 Å². The van der Waals surface area contributed by atoms with E-state index in [1.165, 1.54) is 30.3 Å². The van der Waals surface area contributed by atoms with Gasteiger partial charge in [-0.2, -0.15) is 0 Å². The van der Waals surface area contributed by atoms with Crippen molar-refractivity contribution in [1.82, 2.24) is 15.8 Å². The van der Waals surface area contributed by atoms with Gasteiger partial charge < -0.3 is 4.90 Å². The zero-order valence-corrected chi connectivity index (χ0v) is 14.6. The molecule has 2 amide bonds. The molecule has 2 aromatic rings. The monoisotopic (exact) mass is 374 g/mol. The topological polar surface area (TPSA) is 64.7 Å². The van der Waals surface area contributed by atoms with Gasteiger partial charge in [0, 0.05) is 31.7 Å². The normalized spacial score (nSPS) is 14.7. The lowest BCUT2D eigenvalue weighted by Crippen LogP contribution is -2.52. The van der Waals surface area contributed by atoms with Crippen molar-refractivity contribution in [3.63, 3.8) is 0 Å². The van der Waals surface area contributed by atoms with Crippen LogP contribution < -0.4 is 15.8 Å². The lowest BCUT2D eigenvalue weighted by Gasteiger charge is -2.35. The molecule has 142 valence electrons. The predicted molar refractivity (Wildman–Crippen MR) is 97.1 cm³/mol. The number of hydrazine groups is 1. The number of carbonyl (C=O) groups excluding carboxylic acids is 2. The minimum absolute atomic E-state index is 0.120. The molecule has 0 spiro atoms. The third-order valence-electron chi connectivity index (χ3n) is 4.35. The van der Waals surface area contributed by atoms with E-state index in [1.54, 1.807) is 18.2 Å². The molecule has 1 fully saturated rings. The van der Waals surface area contributed by atoms with E-state index in [2.05, 4.69) is 10.9 Å². The number of piperazine rings is 1. The molecule has 1 saturated heterocycles. The predicted octanol–water partition coefficient (Wildman–Crippen LogP) is 1.55. The molecule has 0 radical (unpaired) electrons. The van der Waals surface area contributed by atoms with Crippen LogP contribution in [-0.4, -0.2) is 49.4 Å². The molecule has 0 unspecified atom stereocenters. The van der Waals surface area contributed by atoms with E-state index < -0.39 is 11.7 Å². The van der Waals surface area contributed by atoms with E-state index in [0.29, 0.717) is 31.9 Å². The smallest absolute Gasteiger partial charge is 0.269 e. The first-order valence-corrected chi connectivity index (χ1v) is 8.59. The van der Waals surface area contributed by atoms with Gasteiger partial charge in [0.1, 0.15) is 11.6 Å². The molecule has 6 nitrogen and oxygen atoms in total. The summed E-state index contributed by atoms with van der Waals surface area (Å²) in [5, 5.41) is 0. The maximum Gasteiger partial charge on any atom is 0.269 e. The zero-order chi connectivity index (χ0) is 19.2. The highest BCUT2D eigenvalue weighted by Gasteiger charge is 2.21. The fourth-order valence-corrected chi connectivity index (χ4v) is 2.90. The molecule has 0 aliphatic carbocycles. The lowest BCUT2D eigenvalue weighted by atomic mass is 10.2. The maximum atomic E-state index is 13.8. The summed E-state index contributed by atoms with van der Waals surface area (Å²) in [4.78, 5) is 27.8. The van der Waals surface area contributed by atoms with Crippen LogP contribution in [0.2, 0.25) is 0 Å². The molecule has 8 heteroatoms. The fourth-order valence-electron chi connectivity index (χ4n) is 2.90. The van der Waals surface area contributed by atoms with Gasteiger partial charge in [-0.05, 0) is 36.4 Å². The number of benzene rings is 2. The Kier molecular flexibility index (Phi) is 5.97. The second-order valence-electron chi connectivity index (χ2n) is 6.22. The summed E-state index contributed by atoms with van der Waals surface area (Å²) in [6.07, 6.45) is 0. The lowest BCUT2D eigenvalue weighted by molar-refractivity contribution is -0.123. The minimum atomic E-state index is -0.521. The Morgan fingerprint density at radius 3 is 2.22 bits per heavy atom. The maximum absolute atomic E-state index is 13.8. The Morgan fingerprint density at radius 1 is 0.889 bits per heavy atom. The SMILES string of the molecule is O=C(CN1CCN(c2ccccc2F)CC1)NNC(=O)c1ccc(F)cc1. The molecule has 1 aliphatic rings. The van der Waals surface area contributed by atoms with Crippen LogP contribution in [0.15, 0.2) is 48.5 Å². The zero-order valence-electron chi connectivity index (χ0n) is 14.6. The van der Waals surface area contributed by atoms with Crippen molar-refractivity contribution in [3.8, 4) is 0 Å². The molecule has 27 heavy (non-hydrogen) atoms. The number of para-hydroxylation sites is 1. The van der Waals surface area contributed by atoms with Crippen LogP contribution in [0.4, 0.5) is 14.5 Å². The summed E-state index contributed by atoms with van der Waals surface area (Å²) >= 11 is 0. The number of rotatable bonds is 4. The number of hydrogen-bond donors (Lipinski definition) is 2. The average Bonchev–Trinajstić information content (AvgIpc) is 2.68. The quantitative estimate of drug-likeness (QED) is 0.797. The summed E-state index contributed by atoms with van der Waals surface area (Å²) in [5.41, 5.74) is 5.46. The van der Waals surface area contributed by atoms with Crippen molar-refractivity contribution in [3.05, 3.63) is 65.7 Å². The van der Waals surface area contributed by atoms with Gasteiger partial charge in [-0.25, -0.2) is 8.78 Å². The van der Waals surface area contributed by atoms with E-state index in [0.717, 1.165) is 0 Å². The van der Waals surface area contributed by atoms with Crippen molar-refractivity contribution >= 4 is 17.5 Å². The molecular weight excluding hydrogens is 354 g/mol. The van der Waals surface area contributed by atoms with E-state index in [4.69, 9.17) is 0 Å².